The van der Waals surface area contributed by atoms with Crippen molar-refractivity contribution in [3.8, 4) is 22.4 Å². The Labute approximate surface area is 219 Å². The summed E-state index contributed by atoms with van der Waals surface area (Å²) < 4.78 is 2.15. The fourth-order valence-electron chi connectivity index (χ4n) is 5.95. The Morgan fingerprint density at radius 2 is 1.86 bits per heavy atom. The molecule has 8 nitrogen and oxygen atoms in total. The molecule has 6 rings (SSSR count). The van der Waals surface area contributed by atoms with Crippen LogP contribution < -0.4 is 4.90 Å². The van der Waals surface area contributed by atoms with Crippen LogP contribution in [0.25, 0.3) is 33.5 Å². The number of aromatic amines is 1. The molecule has 1 aromatic carbocycles. The summed E-state index contributed by atoms with van der Waals surface area (Å²) in [6.07, 6.45) is 12.8. The van der Waals surface area contributed by atoms with E-state index in [1.54, 1.807) is 0 Å². The number of fused-ring (bicyclic) bond motifs is 1. The highest BCUT2D eigenvalue weighted by molar-refractivity contribution is 5.91. The second-order valence-corrected chi connectivity index (χ2v) is 11.2. The van der Waals surface area contributed by atoms with Gasteiger partial charge >= 0.3 is 0 Å². The maximum absolute atomic E-state index is 5.15. The van der Waals surface area contributed by atoms with E-state index in [1.807, 2.05) is 18.6 Å². The lowest BCUT2D eigenvalue weighted by atomic mass is 10.0. The molecule has 2 saturated heterocycles. The molecule has 5 heterocycles. The molecule has 37 heavy (non-hydrogen) atoms. The van der Waals surface area contributed by atoms with Crippen molar-refractivity contribution in [2.45, 2.75) is 51.2 Å². The SMILES string of the molecule is C[C@@H]1CCCN1c1cc(CN(C)C)cc(-c2cnc3[nH]cc(-c4cnn(C5CCN(C)CC5)c4)c3n2)c1. The minimum Gasteiger partial charge on any atom is -0.369 e. The smallest absolute Gasteiger partial charge is 0.156 e. The molecule has 3 aromatic heterocycles. The third kappa shape index (κ3) is 4.88. The Hall–Kier alpha value is -3.23. The second-order valence-electron chi connectivity index (χ2n) is 11.2. The maximum Gasteiger partial charge on any atom is 0.156 e. The van der Waals surface area contributed by atoms with Crippen LogP contribution >= 0.6 is 0 Å². The lowest BCUT2D eigenvalue weighted by molar-refractivity contribution is 0.212. The number of piperidine rings is 1. The standard InChI is InChI=1S/C29H38N8/c1-20-6-5-9-36(20)25-13-21(18-34(2)3)12-22(14-25)27-17-31-29-28(33-27)26(16-30-29)23-15-32-37(19-23)24-7-10-35(4)11-8-24/h12-17,19-20,24H,5-11,18H2,1-4H3,(H,30,31)/t20-/m1/s1. The van der Waals surface area contributed by atoms with Crippen molar-refractivity contribution in [2.75, 3.05) is 45.7 Å². The number of hydrogen-bond donors (Lipinski definition) is 1. The molecule has 4 aromatic rings. The Morgan fingerprint density at radius 3 is 2.62 bits per heavy atom. The van der Waals surface area contributed by atoms with Crippen LogP contribution in [0.1, 0.15) is 44.2 Å². The van der Waals surface area contributed by atoms with Crippen LogP contribution in [-0.4, -0.2) is 81.4 Å². The molecule has 0 unspecified atom stereocenters. The van der Waals surface area contributed by atoms with Gasteiger partial charge in [-0.3, -0.25) is 4.68 Å². The normalized spacial score (nSPS) is 19.5. The predicted octanol–water partition coefficient (Wildman–Crippen LogP) is 4.81. The highest BCUT2D eigenvalue weighted by atomic mass is 15.3. The van der Waals surface area contributed by atoms with Crippen LogP contribution in [0.15, 0.2) is 43.0 Å². The van der Waals surface area contributed by atoms with Crippen LogP contribution in [0.3, 0.4) is 0 Å². The maximum atomic E-state index is 5.15. The summed E-state index contributed by atoms with van der Waals surface area (Å²) in [5, 5.41) is 4.74. The van der Waals surface area contributed by atoms with Crippen LogP contribution in [0.2, 0.25) is 0 Å². The van der Waals surface area contributed by atoms with Gasteiger partial charge in [0.15, 0.2) is 5.65 Å². The molecule has 1 atom stereocenters. The number of anilines is 1. The lowest BCUT2D eigenvalue weighted by Crippen LogP contribution is -2.31. The van der Waals surface area contributed by atoms with Gasteiger partial charge in [-0.05, 0) is 90.6 Å². The van der Waals surface area contributed by atoms with Gasteiger partial charge in [-0.1, -0.05) is 0 Å². The number of benzene rings is 1. The Morgan fingerprint density at radius 1 is 1.03 bits per heavy atom. The Balaban J connectivity index is 1.36. The first-order chi connectivity index (χ1) is 17.9. The molecule has 2 aliphatic rings. The van der Waals surface area contributed by atoms with Gasteiger partial charge in [0.25, 0.3) is 0 Å². The first-order valence-corrected chi connectivity index (χ1v) is 13.6. The van der Waals surface area contributed by atoms with E-state index in [0.29, 0.717) is 12.1 Å². The number of H-pyrrole nitrogens is 1. The summed E-state index contributed by atoms with van der Waals surface area (Å²) in [6, 6.07) is 7.93. The zero-order chi connectivity index (χ0) is 25.5. The third-order valence-corrected chi connectivity index (χ3v) is 8.01. The highest BCUT2D eigenvalue weighted by Crippen LogP contribution is 2.33. The zero-order valence-corrected chi connectivity index (χ0v) is 22.5. The zero-order valence-electron chi connectivity index (χ0n) is 22.5. The van der Waals surface area contributed by atoms with E-state index in [1.165, 1.54) is 24.1 Å². The molecular weight excluding hydrogens is 460 g/mol. The molecule has 1 N–H and O–H groups in total. The molecule has 0 bridgehead atoms. The monoisotopic (exact) mass is 498 g/mol. The van der Waals surface area contributed by atoms with Gasteiger partial charge in [0.05, 0.1) is 24.1 Å². The summed E-state index contributed by atoms with van der Waals surface area (Å²) in [6.45, 7) is 6.57. The first-order valence-electron chi connectivity index (χ1n) is 13.6. The third-order valence-electron chi connectivity index (χ3n) is 8.01. The lowest BCUT2D eigenvalue weighted by Gasteiger charge is -2.28. The molecule has 0 amide bonds. The number of likely N-dealkylation sites (tertiary alicyclic amines) is 1. The van der Waals surface area contributed by atoms with Gasteiger partial charge in [-0.25, -0.2) is 9.97 Å². The van der Waals surface area contributed by atoms with Gasteiger partial charge in [0, 0.05) is 53.9 Å². The fourth-order valence-corrected chi connectivity index (χ4v) is 5.95. The molecule has 0 aliphatic carbocycles. The number of nitrogens with zero attached hydrogens (tertiary/aromatic N) is 7. The van der Waals surface area contributed by atoms with Gasteiger partial charge in [0.2, 0.25) is 0 Å². The van der Waals surface area contributed by atoms with Crippen molar-refractivity contribution in [2.24, 2.45) is 0 Å². The van der Waals surface area contributed by atoms with E-state index >= 15 is 0 Å². The van der Waals surface area contributed by atoms with Crippen molar-refractivity contribution in [3.05, 3.63) is 48.5 Å². The average Bonchev–Trinajstić information content (AvgIpc) is 3.63. The first kappa shape index (κ1) is 24.1. The molecule has 2 fully saturated rings. The van der Waals surface area contributed by atoms with Crippen LogP contribution in [0.4, 0.5) is 5.69 Å². The molecular formula is C29H38N8. The number of aromatic nitrogens is 5. The highest BCUT2D eigenvalue weighted by Gasteiger charge is 2.23. The summed E-state index contributed by atoms with van der Waals surface area (Å²) in [5.41, 5.74) is 8.47. The Bertz CT molecular complexity index is 1380. The quantitative estimate of drug-likeness (QED) is 0.412. The van der Waals surface area contributed by atoms with Gasteiger partial charge < -0.3 is 19.7 Å². The van der Waals surface area contributed by atoms with Crippen molar-refractivity contribution in [1.29, 1.82) is 0 Å². The van der Waals surface area contributed by atoms with E-state index in [-0.39, 0.29) is 0 Å². The van der Waals surface area contributed by atoms with Gasteiger partial charge in [-0.2, -0.15) is 5.10 Å². The molecule has 2 aliphatic heterocycles. The van der Waals surface area contributed by atoms with Crippen LogP contribution in [0, 0.1) is 0 Å². The van der Waals surface area contributed by atoms with Crippen LogP contribution in [-0.2, 0) is 6.54 Å². The Kier molecular flexibility index (Phi) is 6.46. The fraction of sp³-hybridized carbons (Fsp3) is 0.483. The molecule has 194 valence electrons. The summed E-state index contributed by atoms with van der Waals surface area (Å²) in [7, 11) is 6.43. The van der Waals surface area contributed by atoms with Crippen molar-refractivity contribution in [3.63, 3.8) is 0 Å². The molecule has 0 saturated carbocycles. The number of rotatable bonds is 6. The van der Waals surface area contributed by atoms with E-state index in [0.717, 1.165) is 72.6 Å². The van der Waals surface area contributed by atoms with E-state index < -0.39 is 0 Å². The average molecular weight is 499 g/mol. The minimum absolute atomic E-state index is 0.461. The van der Waals surface area contributed by atoms with Crippen molar-refractivity contribution >= 4 is 16.9 Å². The molecule has 0 radical (unpaired) electrons. The molecule has 0 spiro atoms. The largest absolute Gasteiger partial charge is 0.369 e. The topological polar surface area (TPSA) is 69.1 Å². The summed E-state index contributed by atoms with van der Waals surface area (Å²) in [4.78, 5) is 20.4. The van der Waals surface area contributed by atoms with E-state index in [4.69, 9.17) is 15.1 Å². The van der Waals surface area contributed by atoms with Gasteiger partial charge in [0.1, 0.15) is 5.52 Å². The van der Waals surface area contributed by atoms with Crippen LogP contribution in [0.5, 0.6) is 0 Å². The summed E-state index contributed by atoms with van der Waals surface area (Å²) >= 11 is 0. The van der Waals surface area contributed by atoms with E-state index in [2.05, 4.69) is 76.8 Å². The minimum atomic E-state index is 0.461. The summed E-state index contributed by atoms with van der Waals surface area (Å²) in [5.74, 6) is 0. The second kappa shape index (κ2) is 9.91. The predicted molar refractivity (Wildman–Crippen MR) is 150 cm³/mol. The number of nitrogens with one attached hydrogen (secondary N) is 1. The number of hydrogen-bond acceptors (Lipinski definition) is 6. The van der Waals surface area contributed by atoms with Crippen molar-refractivity contribution < 1.29 is 0 Å². The van der Waals surface area contributed by atoms with E-state index in [9.17, 15) is 0 Å². The van der Waals surface area contributed by atoms with Gasteiger partial charge in [-0.15, -0.1) is 0 Å². The molecule has 8 heteroatoms. The van der Waals surface area contributed by atoms with Crippen molar-refractivity contribution in [1.82, 2.24) is 34.5 Å².